The fraction of sp³-hybridized carbons (Fsp3) is 0.750. The van der Waals surface area contributed by atoms with Gasteiger partial charge in [0.2, 0.25) is 5.13 Å². The van der Waals surface area contributed by atoms with Crippen molar-refractivity contribution in [2.45, 2.75) is 36.9 Å². The highest BCUT2D eigenvalue weighted by Crippen LogP contribution is 2.29. The normalized spacial score (nSPS) is 23.2. The van der Waals surface area contributed by atoms with Crippen LogP contribution in [0.3, 0.4) is 0 Å². The van der Waals surface area contributed by atoms with Gasteiger partial charge in [0.1, 0.15) is 0 Å². The maximum absolute atomic E-state index is 10.5. The Morgan fingerprint density at radius 3 is 2.84 bits per heavy atom. The summed E-state index contributed by atoms with van der Waals surface area (Å²) in [5, 5.41) is 20.7. The van der Waals surface area contributed by atoms with Gasteiger partial charge < -0.3 is 10.4 Å². The van der Waals surface area contributed by atoms with Gasteiger partial charge >= 0.3 is 5.97 Å². The van der Waals surface area contributed by atoms with Gasteiger partial charge in [-0.2, -0.15) is 0 Å². The summed E-state index contributed by atoms with van der Waals surface area (Å²) in [6.07, 6.45) is 5.21. The number of nitrogens with zero attached hydrogens (tertiary/aromatic N) is 2. The number of aromatic nitrogens is 2. The van der Waals surface area contributed by atoms with Crippen LogP contribution in [-0.4, -0.2) is 33.6 Å². The molecule has 0 aliphatic heterocycles. The van der Waals surface area contributed by atoms with E-state index in [2.05, 4.69) is 22.4 Å². The molecular formula is C12H19N3O2S2. The van der Waals surface area contributed by atoms with Crippen LogP contribution in [0.5, 0.6) is 0 Å². The van der Waals surface area contributed by atoms with Crippen LogP contribution < -0.4 is 5.32 Å². The zero-order valence-electron chi connectivity index (χ0n) is 11.0. The molecule has 1 heterocycles. The summed E-state index contributed by atoms with van der Waals surface area (Å²) < 4.78 is 0.710. The minimum Gasteiger partial charge on any atom is -0.481 e. The molecule has 0 spiro atoms. The molecule has 0 bridgehead atoms. The highest BCUT2D eigenvalue weighted by Gasteiger charge is 2.18. The fourth-order valence-corrected chi connectivity index (χ4v) is 3.71. The van der Waals surface area contributed by atoms with Gasteiger partial charge in [-0.1, -0.05) is 42.9 Å². The Kier molecular flexibility index (Phi) is 5.45. The maximum atomic E-state index is 10.5. The molecule has 2 rings (SSSR count). The van der Waals surface area contributed by atoms with E-state index >= 15 is 0 Å². The molecule has 1 aliphatic rings. The summed E-state index contributed by atoms with van der Waals surface area (Å²) in [4.78, 5) is 10.5. The number of hydrogen-bond acceptors (Lipinski definition) is 6. The van der Waals surface area contributed by atoms with Crippen molar-refractivity contribution >= 4 is 34.2 Å². The number of nitrogens with one attached hydrogen (secondary N) is 1. The third-order valence-corrected chi connectivity index (χ3v) is 5.40. The first-order chi connectivity index (χ1) is 9.13. The highest BCUT2D eigenvalue weighted by atomic mass is 32.2. The van der Waals surface area contributed by atoms with Crippen LogP contribution in [0.1, 0.15) is 32.6 Å². The van der Waals surface area contributed by atoms with Gasteiger partial charge in [-0.05, 0) is 24.7 Å². The number of carboxylic acid groups (broad SMARTS) is 1. The van der Waals surface area contributed by atoms with Gasteiger partial charge in [-0.15, -0.1) is 10.2 Å². The van der Waals surface area contributed by atoms with Crippen molar-refractivity contribution < 1.29 is 9.90 Å². The van der Waals surface area contributed by atoms with Crippen LogP contribution in [0.2, 0.25) is 0 Å². The van der Waals surface area contributed by atoms with Crippen molar-refractivity contribution in [2.24, 2.45) is 11.8 Å². The Morgan fingerprint density at radius 1 is 1.42 bits per heavy atom. The van der Waals surface area contributed by atoms with Crippen molar-refractivity contribution in [3.63, 3.8) is 0 Å². The molecule has 0 radical (unpaired) electrons. The molecule has 0 amide bonds. The number of carbonyl (C=O) groups is 1. The molecule has 19 heavy (non-hydrogen) atoms. The van der Waals surface area contributed by atoms with Crippen LogP contribution in [0.25, 0.3) is 0 Å². The summed E-state index contributed by atoms with van der Waals surface area (Å²) in [6, 6.07) is 0. The van der Waals surface area contributed by atoms with Crippen LogP contribution in [0.15, 0.2) is 4.34 Å². The van der Waals surface area contributed by atoms with Gasteiger partial charge in [0.25, 0.3) is 0 Å². The maximum Gasteiger partial charge on any atom is 0.313 e. The van der Waals surface area contributed by atoms with Crippen molar-refractivity contribution in [3.05, 3.63) is 0 Å². The first-order valence-corrected chi connectivity index (χ1v) is 8.35. The van der Waals surface area contributed by atoms with E-state index in [-0.39, 0.29) is 5.75 Å². The molecule has 1 fully saturated rings. The highest BCUT2D eigenvalue weighted by molar-refractivity contribution is 8.01. The molecule has 0 atom stereocenters. The summed E-state index contributed by atoms with van der Waals surface area (Å²) in [6.45, 7) is 3.27. The number of rotatable bonds is 6. The lowest BCUT2D eigenvalue weighted by molar-refractivity contribution is -0.133. The average molecular weight is 301 g/mol. The molecular weight excluding hydrogens is 282 g/mol. The molecule has 106 valence electrons. The fourth-order valence-electron chi connectivity index (χ4n) is 2.23. The second kappa shape index (κ2) is 7.09. The van der Waals surface area contributed by atoms with E-state index in [1.165, 1.54) is 48.8 Å². The van der Waals surface area contributed by atoms with Crippen molar-refractivity contribution in [1.82, 2.24) is 10.2 Å². The van der Waals surface area contributed by atoms with E-state index < -0.39 is 5.97 Å². The van der Waals surface area contributed by atoms with Crippen LogP contribution in [0, 0.1) is 11.8 Å². The summed E-state index contributed by atoms with van der Waals surface area (Å²) in [5.41, 5.74) is 0. The predicted molar refractivity (Wildman–Crippen MR) is 77.9 cm³/mol. The Hall–Kier alpha value is -0.820. The minimum absolute atomic E-state index is 0.0369. The molecule has 1 aromatic heterocycles. The Morgan fingerprint density at radius 2 is 2.16 bits per heavy atom. The second-order valence-corrected chi connectivity index (χ2v) is 7.26. The number of anilines is 1. The van der Waals surface area contributed by atoms with E-state index in [0.717, 1.165) is 23.5 Å². The minimum atomic E-state index is -0.828. The predicted octanol–water partition coefficient (Wildman–Crippen LogP) is 2.95. The average Bonchev–Trinajstić information content (AvgIpc) is 2.84. The lowest BCUT2D eigenvalue weighted by Gasteiger charge is -2.25. The van der Waals surface area contributed by atoms with Crippen LogP contribution in [-0.2, 0) is 4.79 Å². The SMILES string of the molecule is CC1CCC(CNc2nnc(SCC(=O)O)s2)CC1. The zero-order valence-corrected chi connectivity index (χ0v) is 12.6. The van der Waals surface area contributed by atoms with Gasteiger partial charge in [0.05, 0.1) is 5.75 Å². The van der Waals surface area contributed by atoms with Gasteiger partial charge in [0, 0.05) is 6.54 Å². The molecule has 1 aliphatic carbocycles. The lowest BCUT2D eigenvalue weighted by atomic mass is 9.83. The van der Waals surface area contributed by atoms with Crippen molar-refractivity contribution in [1.29, 1.82) is 0 Å². The zero-order chi connectivity index (χ0) is 13.7. The van der Waals surface area contributed by atoms with E-state index in [1.54, 1.807) is 0 Å². The first kappa shape index (κ1) is 14.6. The standard InChI is InChI=1S/C12H19N3O2S2/c1-8-2-4-9(5-3-8)6-13-11-14-15-12(19-11)18-7-10(16)17/h8-9H,2-7H2,1H3,(H,13,14)(H,16,17). The number of aliphatic carboxylic acids is 1. The van der Waals surface area contributed by atoms with E-state index in [0.29, 0.717) is 4.34 Å². The number of carboxylic acids is 1. The summed E-state index contributed by atoms with van der Waals surface area (Å²) >= 11 is 2.65. The Bertz CT molecular complexity index is 417. The van der Waals surface area contributed by atoms with E-state index in [9.17, 15) is 4.79 Å². The molecule has 2 N–H and O–H groups in total. The van der Waals surface area contributed by atoms with Crippen LogP contribution in [0.4, 0.5) is 5.13 Å². The molecule has 0 unspecified atom stereocenters. The second-order valence-electron chi connectivity index (χ2n) is 5.06. The third-order valence-electron chi connectivity index (χ3n) is 3.40. The quantitative estimate of drug-likeness (QED) is 0.787. The molecule has 1 saturated carbocycles. The molecule has 0 saturated heterocycles. The summed E-state index contributed by atoms with van der Waals surface area (Å²) in [5.74, 6) is 0.813. The lowest BCUT2D eigenvalue weighted by Crippen LogP contribution is -2.20. The largest absolute Gasteiger partial charge is 0.481 e. The molecule has 0 aromatic carbocycles. The van der Waals surface area contributed by atoms with Gasteiger partial charge in [-0.3, -0.25) is 4.79 Å². The van der Waals surface area contributed by atoms with Crippen molar-refractivity contribution in [3.8, 4) is 0 Å². The van der Waals surface area contributed by atoms with Crippen molar-refractivity contribution in [2.75, 3.05) is 17.6 Å². The monoisotopic (exact) mass is 301 g/mol. The number of thioether (sulfide) groups is 1. The molecule has 1 aromatic rings. The Labute approximate surface area is 121 Å². The van der Waals surface area contributed by atoms with Gasteiger partial charge in [0.15, 0.2) is 4.34 Å². The summed E-state index contributed by atoms with van der Waals surface area (Å²) in [7, 11) is 0. The smallest absolute Gasteiger partial charge is 0.313 e. The van der Waals surface area contributed by atoms with Gasteiger partial charge in [-0.25, -0.2) is 0 Å². The first-order valence-electron chi connectivity index (χ1n) is 6.55. The van der Waals surface area contributed by atoms with E-state index in [4.69, 9.17) is 5.11 Å². The third kappa shape index (κ3) is 4.99. The topological polar surface area (TPSA) is 75.1 Å². The number of hydrogen-bond donors (Lipinski definition) is 2. The Balaban J connectivity index is 1.72. The van der Waals surface area contributed by atoms with E-state index in [1.807, 2.05) is 0 Å². The van der Waals surface area contributed by atoms with Crippen LogP contribution >= 0.6 is 23.1 Å². The molecule has 5 nitrogen and oxygen atoms in total. The molecule has 7 heteroatoms.